The monoisotopic (exact) mass is 266 g/mol. The molecule has 1 fully saturated rings. The predicted octanol–water partition coefficient (Wildman–Crippen LogP) is 0.721. The molecular weight excluding hydrogens is 252 g/mol. The van der Waals surface area contributed by atoms with Gasteiger partial charge in [-0.1, -0.05) is 11.6 Å². The van der Waals surface area contributed by atoms with Crippen LogP contribution < -0.4 is 4.90 Å². The lowest BCUT2D eigenvalue weighted by Crippen LogP contribution is -2.47. The topological polar surface area (TPSA) is 63.4 Å². The number of anilines is 1. The Morgan fingerprint density at radius 2 is 2.11 bits per heavy atom. The number of nitrogens with zero attached hydrogens (tertiary/aromatic N) is 4. The fraction of sp³-hybridized carbons (Fsp3) is 0.500. The molecule has 0 spiro atoms. The summed E-state index contributed by atoms with van der Waals surface area (Å²) < 4.78 is 0. The molecule has 18 heavy (non-hydrogen) atoms. The van der Waals surface area contributed by atoms with Crippen LogP contribution in [0.25, 0.3) is 0 Å². The highest BCUT2D eigenvalue weighted by Gasteiger charge is 2.19. The molecule has 1 aliphatic rings. The standard InChI is InChI=1S/C12H15ClN4O/c13-11-7-10(8-14)9-15-12(11)17-3-1-16(2-4-17)5-6-18/h7,9,18H,1-6H2. The summed E-state index contributed by atoms with van der Waals surface area (Å²) >= 11 is 6.13. The smallest absolute Gasteiger partial charge is 0.147 e. The summed E-state index contributed by atoms with van der Waals surface area (Å²) in [4.78, 5) is 8.56. The lowest BCUT2D eigenvalue weighted by atomic mass is 10.2. The van der Waals surface area contributed by atoms with E-state index in [0.29, 0.717) is 17.1 Å². The van der Waals surface area contributed by atoms with Gasteiger partial charge < -0.3 is 10.0 Å². The number of pyridine rings is 1. The first-order chi connectivity index (χ1) is 8.74. The number of aromatic nitrogens is 1. The molecule has 0 atom stereocenters. The van der Waals surface area contributed by atoms with Gasteiger partial charge in [0.15, 0.2) is 0 Å². The molecule has 2 rings (SSSR count). The second-order valence-corrected chi connectivity index (χ2v) is 4.60. The second-order valence-electron chi connectivity index (χ2n) is 4.19. The summed E-state index contributed by atoms with van der Waals surface area (Å²) in [5.74, 6) is 0.735. The van der Waals surface area contributed by atoms with Crippen molar-refractivity contribution in [2.24, 2.45) is 0 Å². The molecule has 5 nitrogen and oxygen atoms in total. The zero-order valence-electron chi connectivity index (χ0n) is 10.0. The van der Waals surface area contributed by atoms with Crippen LogP contribution in [0.2, 0.25) is 5.02 Å². The molecule has 0 radical (unpaired) electrons. The van der Waals surface area contributed by atoms with Crippen molar-refractivity contribution in [3.63, 3.8) is 0 Å². The molecule has 0 amide bonds. The lowest BCUT2D eigenvalue weighted by Gasteiger charge is -2.35. The zero-order chi connectivity index (χ0) is 13.0. The number of hydrogen-bond acceptors (Lipinski definition) is 5. The van der Waals surface area contributed by atoms with Crippen LogP contribution in [0.15, 0.2) is 12.3 Å². The summed E-state index contributed by atoms with van der Waals surface area (Å²) in [6, 6.07) is 3.66. The van der Waals surface area contributed by atoms with Gasteiger partial charge in [0.1, 0.15) is 11.9 Å². The van der Waals surface area contributed by atoms with Gasteiger partial charge in [0, 0.05) is 38.9 Å². The number of β-amino-alcohol motifs (C(OH)–C–C–N with tert-alkyl or cyclic N) is 1. The fourth-order valence-corrected chi connectivity index (χ4v) is 2.34. The second kappa shape index (κ2) is 6.01. The van der Waals surface area contributed by atoms with Gasteiger partial charge in [-0.3, -0.25) is 4.90 Å². The Morgan fingerprint density at radius 1 is 1.39 bits per heavy atom. The Hall–Kier alpha value is -1.35. The van der Waals surface area contributed by atoms with Crippen molar-refractivity contribution < 1.29 is 5.11 Å². The van der Waals surface area contributed by atoms with E-state index in [4.69, 9.17) is 22.0 Å². The Kier molecular flexibility index (Phi) is 4.37. The third-order valence-corrected chi connectivity index (χ3v) is 3.32. The van der Waals surface area contributed by atoms with Gasteiger partial charge in [-0.15, -0.1) is 0 Å². The maximum atomic E-state index is 8.88. The molecule has 1 aromatic heterocycles. The minimum Gasteiger partial charge on any atom is -0.395 e. The minimum absolute atomic E-state index is 0.190. The molecule has 0 saturated carbocycles. The molecule has 0 aliphatic carbocycles. The number of aliphatic hydroxyl groups is 1. The van der Waals surface area contributed by atoms with Crippen LogP contribution in [0, 0.1) is 11.3 Å². The molecule has 0 bridgehead atoms. The van der Waals surface area contributed by atoms with Crippen molar-refractivity contribution in [3.05, 3.63) is 22.8 Å². The van der Waals surface area contributed by atoms with E-state index in [1.165, 1.54) is 0 Å². The SMILES string of the molecule is N#Cc1cnc(N2CCN(CCO)CC2)c(Cl)c1. The average Bonchev–Trinajstić information content (AvgIpc) is 2.40. The summed E-state index contributed by atoms with van der Waals surface area (Å²) in [6.45, 7) is 4.34. The van der Waals surface area contributed by atoms with E-state index < -0.39 is 0 Å². The number of aliphatic hydroxyl groups excluding tert-OH is 1. The molecule has 1 N–H and O–H groups in total. The highest BCUT2D eigenvalue weighted by atomic mass is 35.5. The zero-order valence-corrected chi connectivity index (χ0v) is 10.8. The molecule has 1 saturated heterocycles. The van der Waals surface area contributed by atoms with Gasteiger partial charge in [-0.25, -0.2) is 4.98 Å². The van der Waals surface area contributed by atoms with Crippen molar-refractivity contribution >= 4 is 17.4 Å². The summed E-state index contributed by atoms with van der Waals surface area (Å²) in [5, 5.41) is 18.2. The Balaban J connectivity index is 2.04. The van der Waals surface area contributed by atoms with E-state index >= 15 is 0 Å². The molecule has 1 aliphatic heterocycles. The molecule has 0 aromatic carbocycles. The molecular formula is C12H15ClN4O. The van der Waals surface area contributed by atoms with Gasteiger partial charge in [0.2, 0.25) is 0 Å². The minimum atomic E-state index is 0.190. The van der Waals surface area contributed by atoms with E-state index in [0.717, 1.165) is 32.0 Å². The first-order valence-corrected chi connectivity index (χ1v) is 6.26. The first-order valence-electron chi connectivity index (χ1n) is 5.88. The highest BCUT2D eigenvalue weighted by Crippen LogP contribution is 2.24. The van der Waals surface area contributed by atoms with Crippen molar-refractivity contribution in [3.8, 4) is 6.07 Å². The maximum Gasteiger partial charge on any atom is 0.147 e. The van der Waals surface area contributed by atoms with Crippen LogP contribution in [-0.4, -0.2) is 54.3 Å². The largest absolute Gasteiger partial charge is 0.395 e. The quantitative estimate of drug-likeness (QED) is 0.874. The lowest BCUT2D eigenvalue weighted by molar-refractivity contribution is 0.188. The van der Waals surface area contributed by atoms with Crippen LogP contribution in [0.5, 0.6) is 0 Å². The third kappa shape index (κ3) is 2.91. The van der Waals surface area contributed by atoms with Gasteiger partial charge in [-0.05, 0) is 6.07 Å². The third-order valence-electron chi connectivity index (χ3n) is 3.04. The molecule has 96 valence electrons. The number of piperazine rings is 1. The van der Waals surface area contributed by atoms with Gasteiger partial charge in [0.05, 0.1) is 17.2 Å². The van der Waals surface area contributed by atoms with E-state index in [2.05, 4.69) is 14.8 Å². The van der Waals surface area contributed by atoms with Crippen molar-refractivity contribution in [1.82, 2.24) is 9.88 Å². The normalized spacial score (nSPS) is 16.6. The van der Waals surface area contributed by atoms with Gasteiger partial charge in [-0.2, -0.15) is 5.26 Å². The van der Waals surface area contributed by atoms with E-state index in [1.807, 2.05) is 6.07 Å². The van der Waals surface area contributed by atoms with Crippen LogP contribution in [0.3, 0.4) is 0 Å². The number of halogens is 1. The maximum absolute atomic E-state index is 8.88. The first kappa shape index (κ1) is 13.1. The predicted molar refractivity (Wildman–Crippen MR) is 69.7 cm³/mol. The van der Waals surface area contributed by atoms with Crippen LogP contribution >= 0.6 is 11.6 Å². The van der Waals surface area contributed by atoms with Crippen LogP contribution in [0.4, 0.5) is 5.82 Å². The number of hydrogen-bond donors (Lipinski definition) is 1. The van der Waals surface area contributed by atoms with E-state index in [1.54, 1.807) is 12.3 Å². The molecule has 1 aromatic rings. The van der Waals surface area contributed by atoms with Gasteiger partial charge >= 0.3 is 0 Å². The summed E-state index contributed by atoms with van der Waals surface area (Å²) in [6.07, 6.45) is 1.54. The molecule has 0 unspecified atom stereocenters. The highest BCUT2D eigenvalue weighted by molar-refractivity contribution is 6.33. The van der Waals surface area contributed by atoms with Crippen molar-refractivity contribution in [2.45, 2.75) is 0 Å². The van der Waals surface area contributed by atoms with Gasteiger partial charge in [0.25, 0.3) is 0 Å². The summed E-state index contributed by atoms with van der Waals surface area (Å²) in [5.41, 5.74) is 0.475. The molecule has 6 heteroatoms. The summed E-state index contributed by atoms with van der Waals surface area (Å²) in [7, 11) is 0. The fourth-order valence-electron chi connectivity index (χ4n) is 2.05. The number of rotatable bonds is 3. The van der Waals surface area contributed by atoms with Crippen LogP contribution in [-0.2, 0) is 0 Å². The average molecular weight is 267 g/mol. The van der Waals surface area contributed by atoms with E-state index in [-0.39, 0.29) is 6.61 Å². The number of nitriles is 1. The Bertz CT molecular complexity index is 452. The van der Waals surface area contributed by atoms with E-state index in [9.17, 15) is 0 Å². The van der Waals surface area contributed by atoms with Crippen molar-refractivity contribution in [1.29, 1.82) is 5.26 Å². The Morgan fingerprint density at radius 3 is 2.67 bits per heavy atom. The van der Waals surface area contributed by atoms with Crippen LogP contribution in [0.1, 0.15) is 5.56 Å². The molecule has 2 heterocycles. The Labute approximate surface area is 111 Å². The van der Waals surface area contributed by atoms with Crippen molar-refractivity contribution in [2.75, 3.05) is 44.2 Å².